The Hall–Kier alpha value is -2.59. The average molecular weight is 299 g/mol. The number of aromatic nitrogens is 1. The number of hydrogen-bond acceptors (Lipinski definition) is 4. The van der Waals surface area contributed by atoms with Crippen LogP contribution in [0.25, 0.3) is 10.9 Å². The van der Waals surface area contributed by atoms with Gasteiger partial charge in [0.2, 0.25) is 0 Å². The van der Waals surface area contributed by atoms with Crippen LogP contribution in [0.2, 0.25) is 5.02 Å². The molecule has 0 unspecified atom stereocenters. The molecule has 0 bridgehead atoms. The number of halogens is 1. The maximum Gasteiger partial charge on any atom is 0.153 e. The van der Waals surface area contributed by atoms with Gasteiger partial charge in [0.1, 0.15) is 11.6 Å². The fraction of sp³-hybridized carbons (Fsp3) is 0. The van der Waals surface area contributed by atoms with E-state index < -0.39 is 0 Å². The van der Waals surface area contributed by atoms with E-state index in [1.54, 1.807) is 36.4 Å². The predicted molar refractivity (Wildman–Crippen MR) is 83.5 cm³/mol. The molecule has 2 aromatic carbocycles. The van der Waals surface area contributed by atoms with Crippen molar-refractivity contribution in [2.75, 3.05) is 5.32 Å². The summed E-state index contributed by atoms with van der Waals surface area (Å²) >= 11 is 6.09. The zero-order chi connectivity index (χ0) is 14.8. The van der Waals surface area contributed by atoms with Gasteiger partial charge in [-0.3, -0.25) is 4.79 Å². The molecule has 0 saturated carbocycles. The van der Waals surface area contributed by atoms with Gasteiger partial charge in [-0.2, -0.15) is 0 Å². The smallest absolute Gasteiger partial charge is 0.153 e. The number of para-hydroxylation sites is 1. The van der Waals surface area contributed by atoms with Crippen molar-refractivity contribution in [1.29, 1.82) is 0 Å². The highest BCUT2D eigenvalue weighted by atomic mass is 35.5. The van der Waals surface area contributed by atoms with Crippen molar-refractivity contribution in [2.45, 2.75) is 0 Å². The second-order valence-corrected chi connectivity index (χ2v) is 4.93. The first-order valence-corrected chi connectivity index (χ1v) is 6.65. The van der Waals surface area contributed by atoms with Gasteiger partial charge in [-0.05, 0) is 30.3 Å². The number of pyridine rings is 1. The second-order valence-electron chi connectivity index (χ2n) is 4.53. The highest BCUT2D eigenvalue weighted by molar-refractivity contribution is 6.33. The minimum absolute atomic E-state index is 0.123. The van der Waals surface area contributed by atoms with Gasteiger partial charge in [0.15, 0.2) is 6.29 Å². The monoisotopic (exact) mass is 298 g/mol. The van der Waals surface area contributed by atoms with E-state index in [2.05, 4.69) is 10.3 Å². The first-order valence-electron chi connectivity index (χ1n) is 6.28. The number of aromatic hydroxyl groups is 1. The molecule has 21 heavy (non-hydrogen) atoms. The van der Waals surface area contributed by atoms with Crippen LogP contribution < -0.4 is 5.32 Å². The third-order valence-corrected chi connectivity index (χ3v) is 3.41. The third kappa shape index (κ3) is 2.66. The molecule has 0 fully saturated rings. The van der Waals surface area contributed by atoms with Gasteiger partial charge < -0.3 is 10.4 Å². The average Bonchev–Trinajstić information content (AvgIpc) is 2.49. The van der Waals surface area contributed by atoms with E-state index >= 15 is 0 Å². The van der Waals surface area contributed by atoms with Gasteiger partial charge in [-0.15, -0.1) is 0 Å². The van der Waals surface area contributed by atoms with Crippen LogP contribution in [0.5, 0.6) is 5.75 Å². The third-order valence-electron chi connectivity index (χ3n) is 3.08. The number of rotatable bonds is 3. The summed E-state index contributed by atoms with van der Waals surface area (Å²) in [5.74, 6) is 0.522. The Bertz CT molecular complexity index is 834. The lowest BCUT2D eigenvalue weighted by Crippen LogP contribution is -1.99. The van der Waals surface area contributed by atoms with E-state index in [0.29, 0.717) is 27.6 Å². The Morgan fingerprint density at radius 2 is 1.95 bits per heavy atom. The van der Waals surface area contributed by atoms with Gasteiger partial charge in [-0.1, -0.05) is 23.7 Å². The van der Waals surface area contributed by atoms with Crippen LogP contribution in [0.3, 0.4) is 0 Å². The van der Waals surface area contributed by atoms with E-state index in [1.807, 2.05) is 12.1 Å². The first kappa shape index (κ1) is 13.4. The predicted octanol–water partition coefficient (Wildman–Crippen LogP) is 4.15. The van der Waals surface area contributed by atoms with Crippen LogP contribution in [0.1, 0.15) is 10.4 Å². The van der Waals surface area contributed by atoms with Crippen LogP contribution in [-0.2, 0) is 0 Å². The molecule has 5 heteroatoms. The van der Waals surface area contributed by atoms with E-state index in [0.717, 1.165) is 11.7 Å². The van der Waals surface area contributed by atoms with E-state index in [4.69, 9.17) is 11.6 Å². The van der Waals surface area contributed by atoms with Gasteiger partial charge in [0, 0.05) is 11.5 Å². The van der Waals surface area contributed by atoms with Crippen LogP contribution in [0.15, 0.2) is 48.5 Å². The highest BCUT2D eigenvalue weighted by Gasteiger charge is 2.09. The maximum absolute atomic E-state index is 11.3. The molecule has 1 heterocycles. The zero-order valence-corrected chi connectivity index (χ0v) is 11.6. The number of phenolic OH excluding ortho intramolecular Hbond substituents is 1. The summed E-state index contributed by atoms with van der Waals surface area (Å²) in [6.07, 6.45) is 0.735. The molecule has 0 atom stereocenters. The van der Waals surface area contributed by atoms with Crippen molar-refractivity contribution in [3.05, 3.63) is 59.1 Å². The van der Waals surface area contributed by atoms with Crippen molar-refractivity contribution in [3.8, 4) is 5.75 Å². The van der Waals surface area contributed by atoms with E-state index in [-0.39, 0.29) is 5.75 Å². The number of carbonyl (C=O) groups is 1. The quantitative estimate of drug-likeness (QED) is 0.713. The topological polar surface area (TPSA) is 62.2 Å². The Morgan fingerprint density at radius 1 is 1.14 bits per heavy atom. The van der Waals surface area contributed by atoms with Crippen molar-refractivity contribution >= 4 is 40.3 Å². The lowest BCUT2D eigenvalue weighted by molar-refractivity contribution is 0.112. The molecule has 4 nitrogen and oxygen atoms in total. The molecule has 3 aromatic rings. The number of phenols is 1. The molecule has 0 radical (unpaired) electrons. The molecule has 1 aromatic heterocycles. The van der Waals surface area contributed by atoms with E-state index in [9.17, 15) is 9.90 Å². The van der Waals surface area contributed by atoms with Gasteiger partial charge >= 0.3 is 0 Å². The van der Waals surface area contributed by atoms with Crippen LogP contribution in [-0.4, -0.2) is 16.4 Å². The highest BCUT2D eigenvalue weighted by Crippen LogP contribution is 2.28. The number of carbonyl (C=O) groups excluding carboxylic acids is 1. The summed E-state index contributed by atoms with van der Waals surface area (Å²) in [7, 11) is 0. The molecular weight excluding hydrogens is 288 g/mol. The Morgan fingerprint density at radius 3 is 2.71 bits per heavy atom. The molecule has 104 valence electrons. The summed E-state index contributed by atoms with van der Waals surface area (Å²) < 4.78 is 0. The molecular formula is C16H11ClN2O2. The van der Waals surface area contributed by atoms with Crippen molar-refractivity contribution in [2.24, 2.45) is 0 Å². The largest absolute Gasteiger partial charge is 0.508 e. The number of nitrogens with one attached hydrogen (secondary N) is 1. The summed E-state index contributed by atoms with van der Waals surface area (Å²) in [5, 5.41) is 13.9. The van der Waals surface area contributed by atoms with Gasteiger partial charge in [0.25, 0.3) is 0 Å². The Labute approximate surface area is 126 Å². The van der Waals surface area contributed by atoms with Gasteiger partial charge in [-0.25, -0.2) is 4.98 Å². The molecule has 0 aliphatic heterocycles. The summed E-state index contributed by atoms with van der Waals surface area (Å²) in [6, 6.07) is 13.7. The van der Waals surface area contributed by atoms with Crippen molar-refractivity contribution in [1.82, 2.24) is 4.98 Å². The van der Waals surface area contributed by atoms with Crippen molar-refractivity contribution in [3.63, 3.8) is 0 Å². The lowest BCUT2D eigenvalue weighted by Gasteiger charge is -2.10. The number of nitrogens with zero attached hydrogens (tertiary/aromatic N) is 1. The number of fused-ring (bicyclic) bond motifs is 1. The van der Waals surface area contributed by atoms with Crippen LogP contribution in [0.4, 0.5) is 11.5 Å². The minimum atomic E-state index is 0.123. The molecule has 0 aliphatic rings. The SMILES string of the molecule is O=Cc1cc2ccc(O)cc2nc1Nc1ccccc1Cl. The number of anilines is 2. The summed E-state index contributed by atoms with van der Waals surface area (Å²) in [6.45, 7) is 0. The Balaban J connectivity index is 2.12. The first-order chi connectivity index (χ1) is 10.2. The fourth-order valence-electron chi connectivity index (χ4n) is 2.05. The zero-order valence-electron chi connectivity index (χ0n) is 10.9. The van der Waals surface area contributed by atoms with Crippen molar-refractivity contribution < 1.29 is 9.90 Å². The normalized spacial score (nSPS) is 10.5. The van der Waals surface area contributed by atoms with E-state index in [1.165, 1.54) is 0 Å². The summed E-state index contributed by atoms with van der Waals surface area (Å²) in [5.41, 5.74) is 1.68. The second kappa shape index (κ2) is 5.42. The lowest BCUT2D eigenvalue weighted by atomic mass is 10.1. The van der Waals surface area contributed by atoms with Crippen LogP contribution in [0, 0.1) is 0 Å². The van der Waals surface area contributed by atoms with Crippen LogP contribution >= 0.6 is 11.6 Å². The fourth-order valence-corrected chi connectivity index (χ4v) is 2.23. The molecule has 2 N–H and O–H groups in total. The Kier molecular flexibility index (Phi) is 3.46. The standard InChI is InChI=1S/C16H11ClN2O2/c17-13-3-1-2-4-14(13)18-16-11(9-20)7-10-5-6-12(21)8-15(10)19-16/h1-9,21H,(H,18,19). The molecule has 0 spiro atoms. The molecule has 0 aliphatic carbocycles. The molecule has 0 amide bonds. The minimum Gasteiger partial charge on any atom is -0.508 e. The number of hydrogen-bond donors (Lipinski definition) is 2. The van der Waals surface area contributed by atoms with Gasteiger partial charge in [0.05, 0.1) is 21.8 Å². The summed E-state index contributed by atoms with van der Waals surface area (Å²) in [4.78, 5) is 15.6. The molecule has 3 rings (SSSR count). The molecule has 0 saturated heterocycles. The number of aldehydes is 1. The number of benzene rings is 2. The maximum atomic E-state index is 11.3.